The molecule has 90 valence electrons. The summed E-state index contributed by atoms with van der Waals surface area (Å²) >= 11 is 1.77. The van der Waals surface area contributed by atoms with Gasteiger partial charge in [-0.25, -0.2) is 0 Å². The predicted molar refractivity (Wildman–Crippen MR) is 73.2 cm³/mol. The quantitative estimate of drug-likeness (QED) is 0.604. The lowest BCUT2D eigenvalue weighted by Crippen LogP contribution is -2.25. The molecule has 1 atom stereocenters. The van der Waals surface area contributed by atoms with E-state index in [4.69, 9.17) is 0 Å². The molecule has 1 heterocycles. The Bertz CT molecular complexity index is 427. The number of rotatable bonds is 3. The van der Waals surface area contributed by atoms with Crippen molar-refractivity contribution in [2.75, 3.05) is 12.8 Å². The molecule has 0 amide bonds. The van der Waals surface area contributed by atoms with Crippen LogP contribution in [-0.2, 0) is 0 Å². The van der Waals surface area contributed by atoms with E-state index in [1.165, 1.54) is 0 Å². The van der Waals surface area contributed by atoms with Gasteiger partial charge in [0.2, 0.25) is 0 Å². The Morgan fingerprint density at radius 2 is 2.18 bits per heavy atom. The summed E-state index contributed by atoms with van der Waals surface area (Å²) < 4.78 is 0. The van der Waals surface area contributed by atoms with E-state index >= 15 is 0 Å². The Hall–Kier alpha value is -1.22. The number of allylic oxidation sites excluding steroid dienone is 1. The number of carbonyl (C=O) groups excluding carboxylic acids is 1. The monoisotopic (exact) mass is 247 g/mol. The number of thioether (sulfide) groups is 1. The van der Waals surface area contributed by atoms with Gasteiger partial charge >= 0.3 is 0 Å². The fraction of sp³-hybridized carbons (Fsp3) is 0.357. The summed E-state index contributed by atoms with van der Waals surface area (Å²) in [6.45, 7) is 2.18. The molecular formula is C14H17NOS. The number of benzene rings is 1. The number of nitrogens with zero attached hydrogens (tertiary/aromatic N) is 1. The average Bonchev–Trinajstić information content (AvgIpc) is 2.71. The predicted octanol–water partition coefficient (Wildman–Crippen LogP) is 3.17. The van der Waals surface area contributed by atoms with E-state index in [2.05, 4.69) is 18.9 Å². The maximum Gasteiger partial charge on any atom is 0.188 e. The van der Waals surface area contributed by atoms with Crippen LogP contribution in [0.4, 0.5) is 0 Å². The van der Waals surface area contributed by atoms with Gasteiger partial charge in [-0.1, -0.05) is 37.3 Å². The summed E-state index contributed by atoms with van der Waals surface area (Å²) in [6, 6.07) is 9.99. The standard InChI is InChI=1S/C14H17NOS/c1-3-12-10-17-14(15(12)2)9-13(16)11-7-5-4-6-8-11/h4-9,12H,3,10H2,1-2H3/b14-9-. The first-order valence-corrected chi connectivity index (χ1v) is 6.87. The molecule has 0 spiro atoms. The number of ketones is 1. The molecule has 3 heteroatoms. The largest absolute Gasteiger partial charge is 0.366 e. The maximum absolute atomic E-state index is 12.0. The number of hydrogen-bond donors (Lipinski definition) is 0. The van der Waals surface area contributed by atoms with E-state index in [0.717, 1.165) is 22.8 Å². The first-order chi connectivity index (χ1) is 8.22. The van der Waals surface area contributed by atoms with Gasteiger partial charge in [-0.15, -0.1) is 11.8 Å². The summed E-state index contributed by atoms with van der Waals surface area (Å²) in [4.78, 5) is 14.2. The number of carbonyl (C=O) groups is 1. The minimum absolute atomic E-state index is 0.0942. The molecule has 2 rings (SSSR count). The summed E-state index contributed by atoms with van der Waals surface area (Å²) in [7, 11) is 2.07. The van der Waals surface area contributed by atoms with Crippen molar-refractivity contribution in [3.05, 3.63) is 47.0 Å². The van der Waals surface area contributed by atoms with Crippen LogP contribution in [0.15, 0.2) is 41.4 Å². The van der Waals surface area contributed by atoms with Crippen molar-refractivity contribution >= 4 is 17.5 Å². The van der Waals surface area contributed by atoms with Crippen LogP contribution in [0.1, 0.15) is 23.7 Å². The van der Waals surface area contributed by atoms with Gasteiger partial charge in [0.1, 0.15) is 0 Å². The summed E-state index contributed by atoms with van der Waals surface area (Å²) in [6.07, 6.45) is 2.88. The van der Waals surface area contributed by atoms with E-state index in [9.17, 15) is 4.79 Å². The zero-order chi connectivity index (χ0) is 12.3. The van der Waals surface area contributed by atoms with Gasteiger partial charge in [-0.2, -0.15) is 0 Å². The molecule has 0 radical (unpaired) electrons. The molecule has 0 aromatic heterocycles. The molecular weight excluding hydrogens is 230 g/mol. The normalized spacial score (nSPS) is 22.1. The van der Waals surface area contributed by atoms with Crippen LogP contribution in [0.5, 0.6) is 0 Å². The molecule has 17 heavy (non-hydrogen) atoms. The molecule has 1 saturated heterocycles. The second-order valence-corrected chi connectivity index (χ2v) is 5.24. The summed E-state index contributed by atoms with van der Waals surface area (Å²) in [5, 5.41) is 1.09. The zero-order valence-corrected chi connectivity index (χ0v) is 11.0. The van der Waals surface area contributed by atoms with Crippen LogP contribution < -0.4 is 0 Å². The molecule has 1 aliphatic heterocycles. The zero-order valence-electron chi connectivity index (χ0n) is 10.2. The Morgan fingerprint density at radius 1 is 1.47 bits per heavy atom. The second-order valence-electron chi connectivity index (χ2n) is 4.20. The minimum Gasteiger partial charge on any atom is -0.366 e. The van der Waals surface area contributed by atoms with Gasteiger partial charge in [0.25, 0.3) is 0 Å². The molecule has 1 aliphatic rings. The van der Waals surface area contributed by atoms with Crippen molar-refractivity contribution in [1.82, 2.24) is 4.90 Å². The van der Waals surface area contributed by atoms with Gasteiger partial charge < -0.3 is 4.90 Å². The van der Waals surface area contributed by atoms with E-state index in [-0.39, 0.29) is 5.78 Å². The topological polar surface area (TPSA) is 20.3 Å². The first kappa shape index (κ1) is 12.2. The molecule has 1 aromatic carbocycles. The summed E-state index contributed by atoms with van der Waals surface area (Å²) in [5.74, 6) is 1.18. The molecule has 0 N–H and O–H groups in total. The molecule has 0 saturated carbocycles. The lowest BCUT2D eigenvalue weighted by atomic mass is 10.1. The Labute approximate surface area is 107 Å². The fourth-order valence-electron chi connectivity index (χ4n) is 1.91. The average molecular weight is 247 g/mol. The third-order valence-electron chi connectivity index (χ3n) is 3.10. The van der Waals surface area contributed by atoms with Gasteiger partial charge in [0, 0.05) is 30.5 Å². The van der Waals surface area contributed by atoms with Gasteiger partial charge in [-0.3, -0.25) is 4.79 Å². The highest BCUT2D eigenvalue weighted by Crippen LogP contribution is 2.32. The lowest BCUT2D eigenvalue weighted by Gasteiger charge is -2.19. The Morgan fingerprint density at radius 3 is 2.76 bits per heavy atom. The maximum atomic E-state index is 12.0. The molecule has 1 aromatic rings. The number of hydrogen-bond acceptors (Lipinski definition) is 3. The molecule has 2 nitrogen and oxygen atoms in total. The van der Waals surface area contributed by atoms with Crippen LogP contribution in [-0.4, -0.2) is 29.5 Å². The lowest BCUT2D eigenvalue weighted by molar-refractivity contribution is 0.104. The van der Waals surface area contributed by atoms with Gasteiger partial charge in [-0.05, 0) is 6.42 Å². The van der Waals surface area contributed by atoms with Crippen LogP contribution in [0.3, 0.4) is 0 Å². The minimum atomic E-state index is 0.0942. The van der Waals surface area contributed by atoms with Gasteiger partial charge in [0.15, 0.2) is 5.78 Å². The molecule has 0 aliphatic carbocycles. The first-order valence-electron chi connectivity index (χ1n) is 5.89. The summed E-state index contributed by atoms with van der Waals surface area (Å²) in [5.41, 5.74) is 0.758. The van der Waals surface area contributed by atoms with E-state index in [1.54, 1.807) is 17.8 Å². The third-order valence-corrected chi connectivity index (χ3v) is 4.36. The Balaban J connectivity index is 2.13. The smallest absolute Gasteiger partial charge is 0.188 e. The highest BCUT2D eigenvalue weighted by atomic mass is 32.2. The van der Waals surface area contributed by atoms with Crippen molar-refractivity contribution in [3.8, 4) is 0 Å². The highest BCUT2D eigenvalue weighted by molar-refractivity contribution is 8.03. The van der Waals surface area contributed by atoms with Crippen molar-refractivity contribution in [3.63, 3.8) is 0 Å². The molecule has 1 unspecified atom stereocenters. The van der Waals surface area contributed by atoms with E-state index in [1.807, 2.05) is 30.3 Å². The van der Waals surface area contributed by atoms with Crippen molar-refractivity contribution in [1.29, 1.82) is 0 Å². The van der Waals surface area contributed by atoms with Crippen LogP contribution in [0.25, 0.3) is 0 Å². The fourth-order valence-corrected chi connectivity index (χ4v) is 3.27. The van der Waals surface area contributed by atoms with E-state index < -0.39 is 0 Å². The third kappa shape index (κ3) is 2.72. The highest BCUT2D eigenvalue weighted by Gasteiger charge is 2.24. The van der Waals surface area contributed by atoms with Crippen LogP contribution in [0.2, 0.25) is 0 Å². The molecule has 0 bridgehead atoms. The van der Waals surface area contributed by atoms with Crippen molar-refractivity contribution in [2.24, 2.45) is 0 Å². The van der Waals surface area contributed by atoms with Crippen molar-refractivity contribution < 1.29 is 4.79 Å². The Kier molecular flexibility index (Phi) is 3.89. The SMILES string of the molecule is CCC1CS/C(=C\C(=O)c2ccccc2)N1C. The van der Waals surface area contributed by atoms with E-state index in [0.29, 0.717) is 6.04 Å². The van der Waals surface area contributed by atoms with Crippen LogP contribution >= 0.6 is 11.8 Å². The molecule has 1 fully saturated rings. The second kappa shape index (κ2) is 5.41. The van der Waals surface area contributed by atoms with Crippen LogP contribution in [0, 0.1) is 0 Å². The van der Waals surface area contributed by atoms with Crippen molar-refractivity contribution in [2.45, 2.75) is 19.4 Å². The van der Waals surface area contributed by atoms with Gasteiger partial charge in [0.05, 0.1) is 5.03 Å².